The van der Waals surface area contributed by atoms with Crippen molar-refractivity contribution in [1.29, 1.82) is 0 Å². The maximum absolute atomic E-state index is 11.5. The predicted molar refractivity (Wildman–Crippen MR) is 45.3 cm³/mol. The first-order valence-electron chi connectivity index (χ1n) is 4.36. The van der Waals surface area contributed by atoms with E-state index in [0.717, 1.165) is 4.90 Å². The third-order valence-electron chi connectivity index (χ3n) is 3.09. The smallest absolute Gasteiger partial charge is 0.234 e. The number of carbonyl (C=O) groups is 2. The third kappa shape index (κ3) is 0.941. The number of nitrogens with two attached hydrogens (primary N) is 2. The molecule has 4 unspecified atom stereocenters. The van der Waals surface area contributed by atoms with Crippen molar-refractivity contribution in [3.63, 3.8) is 0 Å². The van der Waals surface area contributed by atoms with Gasteiger partial charge in [-0.05, 0) is 6.42 Å². The molecule has 4 atom stereocenters. The lowest BCUT2D eigenvalue weighted by atomic mass is 9.95. The fraction of sp³-hybridized carbons (Fsp3) is 0.750. The van der Waals surface area contributed by atoms with Gasteiger partial charge < -0.3 is 11.5 Å². The Bertz CT molecular complexity index is 253. The first kappa shape index (κ1) is 8.65. The van der Waals surface area contributed by atoms with Crippen molar-refractivity contribution in [2.45, 2.75) is 18.5 Å². The summed E-state index contributed by atoms with van der Waals surface area (Å²) in [6, 6.07) is -0.497. The number of nitrogens with zero attached hydrogens (tertiary/aromatic N) is 1. The van der Waals surface area contributed by atoms with Gasteiger partial charge in [0.25, 0.3) is 0 Å². The van der Waals surface area contributed by atoms with Crippen molar-refractivity contribution in [2.24, 2.45) is 23.3 Å². The molecule has 2 fully saturated rings. The number of imide groups is 1. The van der Waals surface area contributed by atoms with Gasteiger partial charge in [0.15, 0.2) is 0 Å². The molecule has 2 rings (SSSR count). The van der Waals surface area contributed by atoms with Gasteiger partial charge in [-0.2, -0.15) is 0 Å². The van der Waals surface area contributed by atoms with E-state index in [4.69, 9.17) is 11.5 Å². The molecule has 0 radical (unpaired) electrons. The van der Waals surface area contributed by atoms with E-state index in [2.05, 4.69) is 0 Å². The highest BCUT2D eigenvalue weighted by Crippen LogP contribution is 2.37. The standard InChI is InChI=1S/C8H13N3O2/c1-11-7(12)5-3(9)2-4(10)6(5)8(11)13/h3-6H,2,9-10H2,1H3. The number of likely N-dealkylation sites (tertiary alicyclic amines) is 1. The van der Waals surface area contributed by atoms with E-state index in [9.17, 15) is 9.59 Å². The van der Waals surface area contributed by atoms with Crippen LogP contribution in [0.2, 0.25) is 0 Å². The summed E-state index contributed by atoms with van der Waals surface area (Å²) in [5.41, 5.74) is 11.5. The molecule has 0 aromatic carbocycles. The predicted octanol–water partition coefficient (Wildman–Crippen LogP) is -1.72. The Hall–Kier alpha value is -0.940. The maximum Gasteiger partial charge on any atom is 0.234 e. The minimum atomic E-state index is -0.368. The highest BCUT2D eigenvalue weighted by molar-refractivity contribution is 6.06. The lowest BCUT2D eigenvalue weighted by Crippen LogP contribution is -2.36. The highest BCUT2D eigenvalue weighted by Gasteiger charge is 2.55. The minimum absolute atomic E-state index is 0.171. The second kappa shape index (κ2) is 2.52. The summed E-state index contributed by atoms with van der Waals surface area (Å²) in [4.78, 5) is 24.2. The quantitative estimate of drug-likeness (QED) is 0.437. The Balaban J connectivity index is 2.36. The summed E-state index contributed by atoms with van der Waals surface area (Å²) >= 11 is 0. The van der Waals surface area contributed by atoms with E-state index in [1.54, 1.807) is 0 Å². The van der Waals surface area contributed by atoms with E-state index in [0.29, 0.717) is 6.42 Å². The second-order valence-electron chi connectivity index (χ2n) is 3.85. The Morgan fingerprint density at radius 3 is 1.92 bits per heavy atom. The molecule has 1 saturated heterocycles. The van der Waals surface area contributed by atoms with Gasteiger partial charge in [0.2, 0.25) is 11.8 Å². The van der Waals surface area contributed by atoms with Crippen LogP contribution < -0.4 is 11.5 Å². The SMILES string of the molecule is CN1C(=O)C2C(N)CC(N)C2C1=O. The molecule has 2 aliphatic rings. The summed E-state index contributed by atoms with van der Waals surface area (Å²) in [6.07, 6.45) is 0.570. The van der Waals surface area contributed by atoms with E-state index in [1.807, 2.05) is 0 Å². The van der Waals surface area contributed by atoms with Gasteiger partial charge in [-0.3, -0.25) is 14.5 Å². The van der Waals surface area contributed by atoms with Crippen molar-refractivity contribution in [3.8, 4) is 0 Å². The fourth-order valence-corrected chi connectivity index (χ4v) is 2.37. The normalized spacial score (nSPS) is 44.4. The average molecular weight is 183 g/mol. The lowest BCUT2D eigenvalue weighted by Gasteiger charge is -2.12. The summed E-state index contributed by atoms with van der Waals surface area (Å²) in [5.74, 6) is -1.08. The maximum atomic E-state index is 11.5. The molecule has 0 aromatic rings. The molecule has 13 heavy (non-hydrogen) atoms. The summed E-state index contributed by atoms with van der Waals surface area (Å²) < 4.78 is 0. The van der Waals surface area contributed by atoms with Gasteiger partial charge in [-0.25, -0.2) is 0 Å². The Kier molecular flexibility index (Phi) is 1.68. The largest absolute Gasteiger partial charge is 0.327 e. The number of hydrogen-bond donors (Lipinski definition) is 2. The topological polar surface area (TPSA) is 89.4 Å². The van der Waals surface area contributed by atoms with Crippen molar-refractivity contribution in [1.82, 2.24) is 4.90 Å². The van der Waals surface area contributed by atoms with Gasteiger partial charge >= 0.3 is 0 Å². The van der Waals surface area contributed by atoms with Crippen molar-refractivity contribution in [3.05, 3.63) is 0 Å². The van der Waals surface area contributed by atoms with Crippen molar-refractivity contribution in [2.75, 3.05) is 7.05 Å². The highest BCUT2D eigenvalue weighted by atomic mass is 16.2. The Labute approximate surface area is 76.0 Å². The van der Waals surface area contributed by atoms with Gasteiger partial charge in [-0.1, -0.05) is 0 Å². The summed E-state index contributed by atoms with van der Waals surface area (Å²) in [7, 11) is 1.49. The number of rotatable bonds is 0. The number of fused-ring (bicyclic) bond motifs is 1. The van der Waals surface area contributed by atoms with Crippen LogP contribution in [-0.4, -0.2) is 35.8 Å². The molecule has 0 spiro atoms. The molecule has 2 amide bonds. The number of carbonyl (C=O) groups excluding carboxylic acids is 2. The van der Waals surface area contributed by atoms with Crippen LogP contribution >= 0.6 is 0 Å². The molecular formula is C8H13N3O2. The van der Waals surface area contributed by atoms with Crippen LogP contribution in [0.15, 0.2) is 0 Å². The monoisotopic (exact) mass is 183 g/mol. The first-order valence-corrected chi connectivity index (χ1v) is 4.36. The van der Waals surface area contributed by atoms with Gasteiger partial charge in [-0.15, -0.1) is 0 Å². The Morgan fingerprint density at radius 1 is 1.15 bits per heavy atom. The lowest BCUT2D eigenvalue weighted by molar-refractivity contribution is -0.138. The van der Waals surface area contributed by atoms with Crippen LogP contribution in [0.25, 0.3) is 0 Å². The van der Waals surface area contributed by atoms with Crippen molar-refractivity contribution >= 4 is 11.8 Å². The molecule has 72 valence electrons. The van der Waals surface area contributed by atoms with Crippen LogP contribution in [0.3, 0.4) is 0 Å². The molecule has 1 aliphatic heterocycles. The van der Waals surface area contributed by atoms with Crippen LogP contribution in [0.4, 0.5) is 0 Å². The zero-order valence-corrected chi connectivity index (χ0v) is 7.43. The second-order valence-corrected chi connectivity index (χ2v) is 3.85. The molecule has 0 aromatic heterocycles. The first-order chi connectivity index (χ1) is 6.04. The van der Waals surface area contributed by atoms with E-state index < -0.39 is 0 Å². The Morgan fingerprint density at radius 2 is 1.54 bits per heavy atom. The van der Waals surface area contributed by atoms with Crippen molar-refractivity contribution < 1.29 is 9.59 Å². The van der Waals surface area contributed by atoms with Crippen LogP contribution in [0.5, 0.6) is 0 Å². The fourth-order valence-electron chi connectivity index (χ4n) is 2.37. The van der Waals surface area contributed by atoms with Crippen LogP contribution in [-0.2, 0) is 9.59 Å². The van der Waals surface area contributed by atoms with Crippen LogP contribution in [0, 0.1) is 11.8 Å². The van der Waals surface area contributed by atoms with Gasteiger partial charge in [0.1, 0.15) is 0 Å². The van der Waals surface area contributed by atoms with Gasteiger partial charge in [0, 0.05) is 19.1 Å². The molecule has 0 bridgehead atoms. The van der Waals surface area contributed by atoms with E-state index >= 15 is 0 Å². The van der Waals surface area contributed by atoms with E-state index in [-0.39, 0.29) is 35.7 Å². The minimum Gasteiger partial charge on any atom is -0.327 e. The molecular weight excluding hydrogens is 170 g/mol. The molecule has 5 nitrogen and oxygen atoms in total. The molecule has 4 N–H and O–H groups in total. The molecule has 5 heteroatoms. The zero-order chi connectivity index (χ0) is 9.75. The van der Waals surface area contributed by atoms with Crippen LogP contribution in [0.1, 0.15) is 6.42 Å². The zero-order valence-electron chi connectivity index (χ0n) is 7.43. The average Bonchev–Trinajstić information content (AvgIpc) is 2.47. The molecule has 1 heterocycles. The molecule has 1 saturated carbocycles. The summed E-state index contributed by atoms with van der Waals surface area (Å²) in [5, 5.41) is 0. The number of hydrogen-bond acceptors (Lipinski definition) is 4. The molecule has 1 aliphatic carbocycles. The van der Waals surface area contributed by atoms with E-state index in [1.165, 1.54) is 7.05 Å². The number of amides is 2. The summed E-state index contributed by atoms with van der Waals surface area (Å²) in [6.45, 7) is 0. The van der Waals surface area contributed by atoms with Gasteiger partial charge in [0.05, 0.1) is 11.8 Å². The third-order valence-corrected chi connectivity index (χ3v) is 3.09.